The minimum absolute atomic E-state index is 0.116. The zero-order valence-electron chi connectivity index (χ0n) is 12.8. The summed E-state index contributed by atoms with van der Waals surface area (Å²) in [6.07, 6.45) is 1.74. The standard InChI is InChI=1S/C18H10FN3OS2/c19-15-3-1-12(2-4-15)10-22-17(23)16(7-13-5-6-24-11-13)25-18(22)14(8-20)9-21/h1-7,11H,10H2/b16-7+. The molecule has 0 bridgehead atoms. The van der Waals surface area contributed by atoms with Crippen LogP contribution in [0.25, 0.3) is 11.6 Å². The van der Waals surface area contributed by atoms with Crippen LogP contribution in [0.3, 0.4) is 0 Å². The average molecular weight is 367 g/mol. The second-order valence-electron chi connectivity index (χ2n) is 5.09. The molecule has 122 valence electrons. The van der Waals surface area contributed by atoms with Crippen LogP contribution in [0.5, 0.6) is 0 Å². The lowest BCUT2D eigenvalue weighted by Gasteiger charge is -2.02. The molecule has 2 aromatic heterocycles. The van der Waals surface area contributed by atoms with Gasteiger partial charge in [0.1, 0.15) is 22.6 Å². The first-order chi connectivity index (χ1) is 12.1. The molecule has 0 amide bonds. The van der Waals surface area contributed by atoms with Gasteiger partial charge in [-0.05, 0) is 46.2 Å². The largest absolute Gasteiger partial charge is 0.293 e. The maximum atomic E-state index is 13.1. The number of aromatic nitrogens is 1. The van der Waals surface area contributed by atoms with Crippen LogP contribution in [-0.2, 0) is 6.54 Å². The number of thiazole rings is 1. The van der Waals surface area contributed by atoms with E-state index in [0.717, 1.165) is 16.9 Å². The molecule has 0 saturated carbocycles. The molecule has 25 heavy (non-hydrogen) atoms. The fourth-order valence-corrected chi connectivity index (χ4v) is 3.92. The molecule has 0 aliphatic rings. The molecule has 0 unspecified atom stereocenters. The number of hydrogen-bond donors (Lipinski definition) is 0. The number of hydrogen-bond acceptors (Lipinski definition) is 5. The number of thiophene rings is 1. The van der Waals surface area contributed by atoms with E-state index in [0.29, 0.717) is 14.8 Å². The van der Waals surface area contributed by atoms with Crippen LogP contribution in [0.1, 0.15) is 11.1 Å². The Balaban J connectivity index is 2.23. The molecule has 0 N–H and O–H groups in total. The van der Waals surface area contributed by atoms with Crippen molar-refractivity contribution in [3.8, 4) is 12.1 Å². The van der Waals surface area contributed by atoms with Gasteiger partial charge in [0, 0.05) is 0 Å². The molecule has 2 heterocycles. The second-order valence-corrected chi connectivity index (χ2v) is 6.90. The van der Waals surface area contributed by atoms with Gasteiger partial charge >= 0.3 is 0 Å². The average Bonchev–Trinajstić information content (AvgIpc) is 3.22. The van der Waals surface area contributed by atoms with E-state index in [-0.39, 0.29) is 23.5 Å². The van der Waals surface area contributed by atoms with Gasteiger partial charge < -0.3 is 0 Å². The number of benzene rings is 1. The lowest BCUT2D eigenvalue weighted by Crippen LogP contribution is -2.32. The number of nitriles is 2. The summed E-state index contributed by atoms with van der Waals surface area (Å²) in [6, 6.07) is 11.3. The molecule has 0 radical (unpaired) electrons. The highest BCUT2D eigenvalue weighted by molar-refractivity contribution is 7.08. The summed E-state index contributed by atoms with van der Waals surface area (Å²) in [5, 5.41) is 22.2. The molecule has 3 aromatic rings. The second kappa shape index (κ2) is 7.27. The van der Waals surface area contributed by atoms with Gasteiger partial charge in [0.25, 0.3) is 5.56 Å². The monoisotopic (exact) mass is 367 g/mol. The quantitative estimate of drug-likeness (QED) is 0.712. The number of rotatable bonds is 3. The summed E-state index contributed by atoms with van der Waals surface area (Å²) in [7, 11) is 0. The summed E-state index contributed by atoms with van der Waals surface area (Å²) in [5.74, 6) is -0.366. The lowest BCUT2D eigenvalue weighted by atomic mass is 10.2. The molecule has 0 aliphatic carbocycles. The summed E-state index contributed by atoms with van der Waals surface area (Å²) >= 11 is 2.62. The normalized spacial score (nSPS) is 11.1. The van der Waals surface area contributed by atoms with Crippen molar-refractivity contribution in [3.05, 3.63) is 77.6 Å². The topological polar surface area (TPSA) is 69.6 Å². The smallest absolute Gasteiger partial charge is 0.269 e. The van der Waals surface area contributed by atoms with Crippen molar-refractivity contribution < 1.29 is 4.39 Å². The summed E-state index contributed by atoms with van der Waals surface area (Å²) in [6.45, 7) is 0.162. The van der Waals surface area contributed by atoms with E-state index < -0.39 is 0 Å². The zero-order valence-corrected chi connectivity index (χ0v) is 14.4. The summed E-state index contributed by atoms with van der Waals surface area (Å²) < 4.78 is 15.2. The van der Waals surface area contributed by atoms with Crippen molar-refractivity contribution in [1.29, 1.82) is 10.5 Å². The van der Waals surface area contributed by atoms with Gasteiger partial charge in [-0.1, -0.05) is 12.1 Å². The molecule has 0 fully saturated rings. The fraction of sp³-hybridized carbons (Fsp3) is 0.0556. The van der Waals surface area contributed by atoms with E-state index in [1.165, 1.54) is 28.0 Å². The van der Waals surface area contributed by atoms with Crippen LogP contribution >= 0.6 is 22.7 Å². The number of nitrogens with zero attached hydrogens (tertiary/aromatic N) is 3. The predicted octanol–water partition coefficient (Wildman–Crippen LogP) is 2.19. The minimum atomic E-state index is -0.366. The van der Waals surface area contributed by atoms with Crippen LogP contribution in [0.4, 0.5) is 4.39 Å². The minimum Gasteiger partial charge on any atom is -0.293 e. The maximum Gasteiger partial charge on any atom is 0.269 e. The van der Waals surface area contributed by atoms with E-state index >= 15 is 0 Å². The Morgan fingerprint density at radius 1 is 1.20 bits per heavy atom. The van der Waals surface area contributed by atoms with Gasteiger partial charge in [0.15, 0.2) is 5.57 Å². The van der Waals surface area contributed by atoms with Crippen LogP contribution in [0, 0.1) is 28.5 Å². The molecular formula is C18H10FN3OS2. The zero-order chi connectivity index (χ0) is 17.8. The third-order valence-corrected chi connectivity index (χ3v) is 5.27. The molecular weight excluding hydrogens is 357 g/mol. The summed E-state index contributed by atoms with van der Waals surface area (Å²) in [5.41, 5.74) is 1.20. The van der Waals surface area contributed by atoms with Crippen molar-refractivity contribution >= 4 is 34.3 Å². The fourth-order valence-electron chi connectivity index (χ4n) is 2.25. The molecule has 0 spiro atoms. The Kier molecular flexibility index (Phi) is 4.90. The number of halogens is 1. The molecule has 4 nitrogen and oxygen atoms in total. The SMILES string of the molecule is N#CC(C#N)=c1s/c(=C/c2ccsc2)c(=O)n1Cc1ccc(F)cc1. The van der Waals surface area contributed by atoms with Crippen molar-refractivity contribution in [2.24, 2.45) is 0 Å². The Bertz CT molecular complexity index is 1140. The first-order valence-corrected chi connectivity index (χ1v) is 8.91. The Morgan fingerprint density at radius 2 is 1.92 bits per heavy atom. The third-order valence-electron chi connectivity index (χ3n) is 3.44. The van der Waals surface area contributed by atoms with Crippen LogP contribution < -0.4 is 14.8 Å². The van der Waals surface area contributed by atoms with Gasteiger partial charge in [0.05, 0.1) is 11.1 Å². The Hall–Kier alpha value is -3.00. The van der Waals surface area contributed by atoms with Crippen LogP contribution in [0.2, 0.25) is 0 Å². The van der Waals surface area contributed by atoms with Crippen molar-refractivity contribution in [2.75, 3.05) is 0 Å². The third kappa shape index (κ3) is 3.58. The molecule has 3 rings (SSSR count). The van der Waals surface area contributed by atoms with Gasteiger partial charge in [0.2, 0.25) is 0 Å². The van der Waals surface area contributed by atoms with Crippen molar-refractivity contribution in [2.45, 2.75) is 6.54 Å². The van der Waals surface area contributed by atoms with Gasteiger partial charge in [-0.3, -0.25) is 9.36 Å². The van der Waals surface area contributed by atoms with E-state index in [2.05, 4.69) is 0 Å². The van der Waals surface area contributed by atoms with E-state index in [9.17, 15) is 19.7 Å². The highest BCUT2D eigenvalue weighted by Gasteiger charge is 2.10. The molecule has 0 saturated heterocycles. The van der Waals surface area contributed by atoms with E-state index in [4.69, 9.17) is 0 Å². The highest BCUT2D eigenvalue weighted by atomic mass is 32.1. The van der Waals surface area contributed by atoms with Crippen LogP contribution in [0.15, 0.2) is 45.9 Å². The van der Waals surface area contributed by atoms with Gasteiger partial charge in [-0.15, -0.1) is 11.3 Å². The first-order valence-electron chi connectivity index (χ1n) is 7.15. The Labute approximate surface area is 150 Å². The van der Waals surface area contributed by atoms with Crippen molar-refractivity contribution in [1.82, 2.24) is 4.57 Å². The van der Waals surface area contributed by atoms with Crippen LogP contribution in [-0.4, -0.2) is 4.57 Å². The molecule has 0 aliphatic heterocycles. The van der Waals surface area contributed by atoms with Gasteiger partial charge in [-0.2, -0.15) is 21.9 Å². The molecule has 7 heteroatoms. The first kappa shape index (κ1) is 16.8. The van der Waals surface area contributed by atoms with Gasteiger partial charge in [-0.25, -0.2) is 4.39 Å². The predicted molar refractivity (Wildman–Crippen MR) is 95.9 cm³/mol. The van der Waals surface area contributed by atoms with E-state index in [1.807, 2.05) is 29.0 Å². The molecule has 1 aromatic carbocycles. The summed E-state index contributed by atoms with van der Waals surface area (Å²) in [4.78, 5) is 12.8. The van der Waals surface area contributed by atoms with Crippen molar-refractivity contribution in [3.63, 3.8) is 0 Å². The Morgan fingerprint density at radius 3 is 2.52 bits per heavy atom. The maximum absolute atomic E-state index is 13.1. The molecule has 0 atom stereocenters. The highest BCUT2D eigenvalue weighted by Crippen LogP contribution is 2.06. The lowest BCUT2D eigenvalue weighted by molar-refractivity contribution is 0.626. The van der Waals surface area contributed by atoms with E-state index in [1.54, 1.807) is 18.2 Å².